The number of rotatable bonds is 4. The standard InChI is InChI=1S/C13H8ClF2NO2/c14-11-4-3-9(19-13(15)16)6-10(11)12(18)8-2-1-5-17-7-8/h1-7,13H. The molecule has 0 atom stereocenters. The summed E-state index contributed by atoms with van der Waals surface area (Å²) in [6.07, 6.45) is 2.90. The third kappa shape index (κ3) is 3.26. The van der Waals surface area contributed by atoms with Gasteiger partial charge in [0.1, 0.15) is 5.75 Å². The molecule has 0 aliphatic carbocycles. The predicted molar refractivity (Wildman–Crippen MR) is 65.8 cm³/mol. The summed E-state index contributed by atoms with van der Waals surface area (Å²) in [6.45, 7) is -2.96. The van der Waals surface area contributed by atoms with Crippen molar-refractivity contribution in [2.75, 3.05) is 0 Å². The summed E-state index contributed by atoms with van der Waals surface area (Å²) in [5.41, 5.74) is 0.409. The van der Waals surface area contributed by atoms with Crippen LogP contribution in [0.25, 0.3) is 0 Å². The van der Waals surface area contributed by atoms with Crippen molar-refractivity contribution < 1.29 is 18.3 Å². The van der Waals surface area contributed by atoms with Crippen molar-refractivity contribution in [3.05, 3.63) is 58.9 Å². The molecule has 0 amide bonds. The van der Waals surface area contributed by atoms with Gasteiger partial charge in [-0.3, -0.25) is 9.78 Å². The summed E-state index contributed by atoms with van der Waals surface area (Å²) in [5, 5.41) is 0.162. The normalized spacial score (nSPS) is 10.5. The molecule has 98 valence electrons. The molecule has 0 spiro atoms. The molecule has 2 rings (SSSR count). The molecule has 0 saturated carbocycles. The van der Waals surface area contributed by atoms with Gasteiger partial charge in [-0.2, -0.15) is 8.78 Å². The number of hydrogen-bond donors (Lipinski definition) is 0. The van der Waals surface area contributed by atoms with Crippen LogP contribution < -0.4 is 4.74 Å². The molecule has 1 aromatic heterocycles. The lowest BCUT2D eigenvalue weighted by Gasteiger charge is -2.08. The van der Waals surface area contributed by atoms with E-state index in [1.165, 1.54) is 30.6 Å². The fraction of sp³-hybridized carbons (Fsp3) is 0.0769. The number of carbonyl (C=O) groups is 1. The van der Waals surface area contributed by atoms with Crippen LogP contribution in [0.15, 0.2) is 42.7 Å². The van der Waals surface area contributed by atoms with Gasteiger partial charge in [-0.05, 0) is 30.3 Å². The first-order valence-corrected chi connectivity index (χ1v) is 5.65. The zero-order chi connectivity index (χ0) is 13.8. The van der Waals surface area contributed by atoms with Crippen molar-refractivity contribution >= 4 is 17.4 Å². The van der Waals surface area contributed by atoms with Crippen molar-refractivity contribution in [1.82, 2.24) is 4.98 Å². The first kappa shape index (κ1) is 13.4. The van der Waals surface area contributed by atoms with Crippen LogP contribution in [0, 0.1) is 0 Å². The molecular weight excluding hydrogens is 276 g/mol. The van der Waals surface area contributed by atoms with E-state index in [0.717, 1.165) is 0 Å². The highest BCUT2D eigenvalue weighted by molar-refractivity contribution is 6.35. The minimum absolute atomic E-state index is 0.0906. The van der Waals surface area contributed by atoms with Crippen LogP contribution in [-0.4, -0.2) is 17.4 Å². The van der Waals surface area contributed by atoms with E-state index in [2.05, 4.69) is 9.72 Å². The van der Waals surface area contributed by atoms with Crippen LogP contribution in [0.5, 0.6) is 5.75 Å². The average molecular weight is 284 g/mol. The molecule has 3 nitrogen and oxygen atoms in total. The maximum atomic E-state index is 12.1. The second kappa shape index (κ2) is 5.75. The minimum Gasteiger partial charge on any atom is -0.435 e. The van der Waals surface area contributed by atoms with E-state index in [9.17, 15) is 13.6 Å². The van der Waals surface area contributed by atoms with E-state index in [1.807, 2.05) is 0 Å². The highest BCUT2D eigenvalue weighted by Crippen LogP contribution is 2.25. The molecule has 0 bridgehead atoms. The molecule has 0 N–H and O–H groups in total. The monoisotopic (exact) mass is 283 g/mol. The van der Waals surface area contributed by atoms with E-state index < -0.39 is 12.4 Å². The van der Waals surface area contributed by atoms with Crippen molar-refractivity contribution in [1.29, 1.82) is 0 Å². The molecule has 0 unspecified atom stereocenters. The van der Waals surface area contributed by atoms with Gasteiger partial charge in [0.15, 0.2) is 5.78 Å². The van der Waals surface area contributed by atoms with Crippen LogP contribution in [0.1, 0.15) is 15.9 Å². The van der Waals surface area contributed by atoms with Crippen LogP contribution >= 0.6 is 11.6 Å². The SMILES string of the molecule is O=C(c1cccnc1)c1cc(OC(F)F)ccc1Cl. The van der Waals surface area contributed by atoms with Crippen LogP contribution in [-0.2, 0) is 0 Å². The van der Waals surface area contributed by atoms with E-state index >= 15 is 0 Å². The molecule has 6 heteroatoms. The smallest absolute Gasteiger partial charge is 0.387 e. The first-order chi connectivity index (χ1) is 9.08. The van der Waals surface area contributed by atoms with E-state index in [0.29, 0.717) is 5.56 Å². The molecule has 1 heterocycles. The minimum atomic E-state index is -2.96. The van der Waals surface area contributed by atoms with Crippen molar-refractivity contribution in [3.8, 4) is 5.75 Å². The largest absolute Gasteiger partial charge is 0.435 e. The van der Waals surface area contributed by atoms with Gasteiger partial charge in [-0.15, -0.1) is 0 Å². The lowest BCUT2D eigenvalue weighted by molar-refractivity contribution is -0.0498. The van der Waals surface area contributed by atoms with Crippen LogP contribution in [0.3, 0.4) is 0 Å². The first-order valence-electron chi connectivity index (χ1n) is 5.27. The second-order valence-electron chi connectivity index (χ2n) is 3.59. The highest BCUT2D eigenvalue weighted by atomic mass is 35.5. The molecule has 1 aromatic carbocycles. The number of ketones is 1. The van der Waals surface area contributed by atoms with E-state index in [4.69, 9.17) is 11.6 Å². The van der Waals surface area contributed by atoms with Crippen molar-refractivity contribution in [2.24, 2.45) is 0 Å². The second-order valence-corrected chi connectivity index (χ2v) is 4.00. The maximum absolute atomic E-state index is 12.1. The van der Waals surface area contributed by atoms with Crippen molar-refractivity contribution in [2.45, 2.75) is 6.61 Å². The quantitative estimate of drug-likeness (QED) is 0.805. The zero-order valence-corrected chi connectivity index (χ0v) is 10.3. The van der Waals surface area contributed by atoms with E-state index in [-0.39, 0.29) is 16.3 Å². The van der Waals surface area contributed by atoms with Crippen LogP contribution in [0.2, 0.25) is 5.02 Å². The Bertz CT molecular complexity index is 590. The number of nitrogens with zero attached hydrogens (tertiary/aromatic N) is 1. The van der Waals surface area contributed by atoms with Gasteiger partial charge in [0.2, 0.25) is 0 Å². The Morgan fingerprint density at radius 2 is 2.11 bits per heavy atom. The third-order valence-corrected chi connectivity index (χ3v) is 2.66. The number of benzene rings is 1. The molecule has 0 aliphatic rings. The third-order valence-electron chi connectivity index (χ3n) is 2.33. The fourth-order valence-electron chi connectivity index (χ4n) is 1.51. The Balaban J connectivity index is 2.36. The highest BCUT2D eigenvalue weighted by Gasteiger charge is 2.15. The number of alkyl halides is 2. The number of hydrogen-bond acceptors (Lipinski definition) is 3. The Labute approximate surface area is 112 Å². The van der Waals surface area contributed by atoms with Gasteiger partial charge in [0.05, 0.1) is 5.02 Å². The lowest BCUT2D eigenvalue weighted by Crippen LogP contribution is -2.06. The van der Waals surface area contributed by atoms with Gasteiger partial charge in [-0.25, -0.2) is 0 Å². The molecule has 0 saturated heterocycles. The summed E-state index contributed by atoms with van der Waals surface area (Å²) in [4.78, 5) is 16.0. The number of ether oxygens (including phenoxy) is 1. The summed E-state index contributed by atoms with van der Waals surface area (Å²) in [5.74, 6) is -0.524. The molecule has 2 aromatic rings. The molecule has 0 fully saturated rings. The summed E-state index contributed by atoms with van der Waals surface area (Å²) >= 11 is 5.89. The van der Waals surface area contributed by atoms with Crippen molar-refractivity contribution in [3.63, 3.8) is 0 Å². The van der Waals surface area contributed by atoms with Gasteiger partial charge >= 0.3 is 6.61 Å². The Morgan fingerprint density at radius 1 is 1.32 bits per heavy atom. The van der Waals surface area contributed by atoms with Gasteiger partial charge < -0.3 is 4.74 Å². The number of pyridine rings is 1. The zero-order valence-electron chi connectivity index (χ0n) is 9.52. The Hall–Kier alpha value is -2.01. The molecule has 0 aliphatic heterocycles. The number of halogens is 3. The van der Waals surface area contributed by atoms with E-state index in [1.54, 1.807) is 12.1 Å². The number of carbonyl (C=O) groups excluding carboxylic acids is 1. The van der Waals surface area contributed by atoms with Gasteiger partial charge in [-0.1, -0.05) is 11.6 Å². The maximum Gasteiger partial charge on any atom is 0.387 e. The topological polar surface area (TPSA) is 39.2 Å². The Morgan fingerprint density at radius 3 is 2.74 bits per heavy atom. The fourth-order valence-corrected chi connectivity index (χ4v) is 1.71. The summed E-state index contributed by atoms with van der Waals surface area (Å²) < 4.78 is 28.5. The van der Waals surface area contributed by atoms with Gasteiger partial charge in [0, 0.05) is 23.5 Å². The summed E-state index contributed by atoms with van der Waals surface area (Å²) in [6, 6.07) is 6.95. The molecular formula is C13H8ClF2NO2. The molecule has 19 heavy (non-hydrogen) atoms. The lowest BCUT2D eigenvalue weighted by atomic mass is 10.0. The molecule has 0 radical (unpaired) electrons. The van der Waals surface area contributed by atoms with Gasteiger partial charge in [0.25, 0.3) is 0 Å². The summed E-state index contributed by atoms with van der Waals surface area (Å²) in [7, 11) is 0. The Kier molecular flexibility index (Phi) is 4.06. The number of aromatic nitrogens is 1. The average Bonchev–Trinajstić information content (AvgIpc) is 2.40. The predicted octanol–water partition coefficient (Wildman–Crippen LogP) is 3.57. The van der Waals surface area contributed by atoms with Crippen LogP contribution in [0.4, 0.5) is 8.78 Å².